The minimum absolute atomic E-state index is 0.489. The number of anilines is 1. The van der Waals surface area contributed by atoms with E-state index in [-0.39, 0.29) is 0 Å². The van der Waals surface area contributed by atoms with Crippen LogP contribution in [-0.4, -0.2) is 61.4 Å². The van der Waals surface area contributed by atoms with E-state index in [0.29, 0.717) is 24.5 Å². The van der Waals surface area contributed by atoms with Gasteiger partial charge in [-0.1, -0.05) is 19.1 Å². The van der Waals surface area contributed by atoms with Gasteiger partial charge in [0.15, 0.2) is 0 Å². The van der Waals surface area contributed by atoms with Gasteiger partial charge in [-0.15, -0.1) is 0 Å². The van der Waals surface area contributed by atoms with Crippen molar-refractivity contribution >= 4 is 17.5 Å². The fourth-order valence-corrected chi connectivity index (χ4v) is 2.33. The van der Waals surface area contributed by atoms with E-state index in [2.05, 4.69) is 17.1 Å². The molecule has 1 fully saturated rings. The zero-order valence-electron chi connectivity index (χ0n) is 12.5. The molecule has 0 saturated carbocycles. The van der Waals surface area contributed by atoms with Crippen LogP contribution in [0.15, 0.2) is 24.3 Å². The Morgan fingerprint density at radius 3 is 2.48 bits per heavy atom. The van der Waals surface area contributed by atoms with Crippen molar-refractivity contribution in [2.75, 3.05) is 45.2 Å². The molecule has 0 aliphatic carbocycles. The first-order chi connectivity index (χ1) is 10.2. The fraction of sp³-hybridized carbons (Fsp3) is 0.467. The van der Waals surface area contributed by atoms with Gasteiger partial charge in [0.05, 0.1) is 12.8 Å². The summed E-state index contributed by atoms with van der Waals surface area (Å²) in [5.74, 6) is -0.574. The summed E-state index contributed by atoms with van der Waals surface area (Å²) in [6, 6.07) is 7.03. The number of likely N-dealkylation sites (N-methyl/N-ethyl adjacent to an activating group) is 1. The van der Waals surface area contributed by atoms with Crippen LogP contribution in [-0.2, 0) is 9.59 Å². The summed E-state index contributed by atoms with van der Waals surface area (Å²) in [7, 11) is 1.52. The molecule has 6 nitrogen and oxygen atoms in total. The Hall–Kier alpha value is -2.08. The molecule has 114 valence electrons. The molecule has 1 aromatic rings. The molecule has 6 heteroatoms. The summed E-state index contributed by atoms with van der Waals surface area (Å²) in [6.07, 6.45) is 0. The van der Waals surface area contributed by atoms with Crippen LogP contribution in [0.3, 0.4) is 0 Å². The lowest BCUT2D eigenvalue weighted by Crippen LogP contribution is -2.51. The van der Waals surface area contributed by atoms with Crippen molar-refractivity contribution in [2.24, 2.45) is 0 Å². The lowest BCUT2D eigenvalue weighted by molar-refractivity contribution is -0.144. The first kappa shape index (κ1) is 15.3. The summed E-state index contributed by atoms with van der Waals surface area (Å²) in [5.41, 5.74) is 0.505. The molecule has 0 radical (unpaired) electrons. The molecular weight excluding hydrogens is 270 g/mol. The van der Waals surface area contributed by atoms with Gasteiger partial charge < -0.3 is 19.9 Å². The van der Waals surface area contributed by atoms with E-state index in [1.807, 2.05) is 0 Å². The summed E-state index contributed by atoms with van der Waals surface area (Å²) in [4.78, 5) is 28.1. The zero-order valence-corrected chi connectivity index (χ0v) is 12.5. The molecule has 1 saturated heterocycles. The van der Waals surface area contributed by atoms with Crippen molar-refractivity contribution in [3.8, 4) is 5.75 Å². The number of nitrogens with zero attached hydrogens (tertiary/aromatic N) is 2. The van der Waals surface area contributed by atoms with Crippen LogP contribution < -0.4 is 10.1 Å². The van der Waals surface area contributed by atoms with E-state index in [1.54, 1.807) is 29.2 Å². The van der Waals surface area contributed by atoms with Gasteiger partial charge in [-0.05, 0) is 18.7 Å². The first-order valence-electron chi connectivity index (χ1n) is 7.11. The molecule has 2 amide bonds. The van der Waals surface area contributed by atoms with E-state index in [9.17, 15) is 9.59 Å². The molecule has 0 atom stereocenters. The Morgan fingerprint density at radius 2 is 1.86 bits per heavy atom. The fourth-order valence-electron chi connectivity index (χ4n) is 2.33. The molecule has 1 aliphatic rings. The van der Waals surface area contributed by atoms with Crippen LogP contribution in [0.4, 0.5) is 5.69 Å². The highest BCUT2D eigenvalue weighted by Gasteiger charge is 2.25. The second kappa shape index (κ2) is 7.08. The number of para-hydroxylation sites is 2. The largest absolute Gasteiger partial charge is 0.495 e. The molecule has 0 aromatic heterocycles. The highest BCUT2D eigenvalue weighted by molar-refractivity contribution is 6.39. The Bertz CT molecular complexity index is 511. The van der Waals surface area contributed by atoms with Gasteiger partial charge in [0, 0.05) is 26.2 Å². The highest BCUT2D eigenvalue weighted by Crippen LogP contribution is 2.22. The minimum atomic E-state index is -0.621. The Labute approximate surface area is 124 Å². The molecular formula is C15H21N3O3. The number of nitrogens with one attached hydrogen (secondary N) is 1. The smallest absolute Gasteiger partial charge is 0.314 e. The van der Waals surface area contributed by atoms with Gasteiger partial charge in [-0.3, -0.25) is 9.59 Å². The highest BCUT2D eigenvalue weighted by atomic mass is 16.5. The molecule has 1 aliphatic heterocycles. The third-order valence-corrected chi connectivity index (χ3v) is 3.66. The summed E-state index contributed by atoms with van der Waals surface area (Å²) in [6.45, 7) is 5.85. The third kappa shape index (κ3) is 3.72. The normalized spacial score (nSPS) is 15.6. The maximum Gasteiger partial charge on any atom is 0.314 e. The van der Waals surface area contributed by atoms with Crippen LogP contribution >= 0.6 is 0 Å². The van der Waals surface area contributed by atoms with E-state index in [0.717, 1.165) is 19.6 Å². The van der Waals surface area contributed by atoms with Crippen molar-refractivity contribution in [2.45, 2.75) is 6.92 Å². The van der Waals surface area contributed by atoms with Crippen LogP contribution in [0.5, 0.6) is 5.75 Å². The second-order valence-corrected chi connectivity index (χ2v) is 4.88. The molecule has 1 aromatic carbocycles. The topological polar surface area (TPSA) is 61.9 Å². The maximum atomic E-state index is 12.2. The number of ether oxygens (including phenoxy) is 1. The molecule has 1 N–H and O–H groups in total. The SMILES string of the molecule is CCN1CCN(C(=O)C(=O)Nc2ccccc2OC)CC1. The molecule has 2 rings (SSSR count). The molecule has 1 heterocycles. The Morgan fingerprint density at radius 1 is 1.19 bits per heavy atom. The first-order valence-corrected chi connectivity index (χ1v) is 7.11. The van der Waals surface area contributed by atoms with Gasteiger partial charge in [0.2, 0.25) is 0 Å². The molecule has 0 unspecified atom stereocenters. The molecule has 21 heavy (non-hydrogen) atoms. The number of carbonyl (C=O) groups excluding carboxylic acids is 2. The quantitative estimate of drug-likeness (QED) is 0.837. The van der Waals surface area contributed by atoms with E-state index in [1.165, 1.54) is 7.11 Å². The molecule has 0 bridgehead atoms. The number of piperazine rings is 1. The average Bonchev–Trinajstić information content (AvgIpc) is 2.54. The summed E-state index contributed by atoms with van der Waals surface area (Å²) in [5, 5.41) is 2.61. The van der Waals surface area contributed by atoms with Gasteiger partial charge in [-0.2, -0.15) is 0 Å². The number of amides is 2. The van der Waals surface area contributed by atoms with Crippen molar-refractivity contribution in [3.63, 3.8) is 0 Å². The number of carbonyl (C=O) groups is 2. The number of rotatable bonds is 3. The standard InChI is InChI=1S/C15H21N3O3/c1-3-17-8-10-18(11-9-17)15(20)14(19)16-12-6-4-5-7-13(12)21-2/h4-7H,3,8-11H2,1-2H3,(H,16,19). The third-order valence-electron chi connectivity index (χ3n) is 3.66. The van der Waals surface area contributed by atoms with Crippen LogP contribution in [0.2, 0.25) is 0 Å². The van der Waals surface area contributed by atoms with Crippen LogP contribution in [0.1, 0.15) is 6.92 Å². The lowest BCUT2D eigenvalue weighted by atomic mass is 10.2. The number of methoxy groups -OCH3 is 1. The second-order valence-electron chi connectivity index (χ2n) is 4.88. The zero-order chi connectivity index (χ0) is 15.2. The molecule has 0 spiro atoms. The monoisotopic (exact) mass is 291 g/mol. The van der Waals surface area contributed by atoms with E-state index >= 15 is 0 Å². The van der Waals surface area contributed by atoms with Crippen molar-refractivity contribution < 1.29 is 14.3 Å². The van der Waals surface area contributed by atoms with Gasteiger partial charge in [0.25, 0.3) is 0 Å². The number of hydrogen-bond donors (Lipinski definition) is 1. The van der Waals surface area contributed by atoms with Gasteiger partial charge >= 0.3 is 11.8 Å². The Balaban J connectivity index is 1.95. The number of hydrogen-bond acceptors (Lipinski definition) is 4. The predicted molar refractivity (Wildman–Crippen MR) is 80.3 cm³/mol. The summed E-state index contributed by atoms with van der Waals surface area (Å²) < 4.78 is 5.15. The predicted octanol–water partition coefficient (Wildman–Crippen LogP) is 0.798. The van der Waals surface area contributed by atoms with E-state index < -0.39 is 11.8 Å². The van der Waals surface area contributed by atoms with Crippen molar-refractivity contribution in [1.82, 2.24) is 9.80 Å². The van der Waals surface area contributed by atoms with Crippen LogP contribution in [0, 0.1) is 0 Å². The Kier molecular flexibility index (Phi) is 5.16. The van der Waals surface area contributed by atoms with E-state index in [4.69, 9.17) is 4.74 Å². The minimum Gasteiger partial charge on any atom is -0.495 e. The van der Waals surface area contributed by atoms with Gasteiger partial charge in [-0.25, -0.2) is 0 Å². The number of benzene rings is 1. The maximum absolute atomic E-state index is 12.2. The average molecular weight is 291 g/mol. The van der Waals surface area contributed by atoms with Crippen molar-refractivity contribution in [1.29, 1.82) is 0 Å². The van der Waals surface area contributed by atoms with Crippen LogP contribution in [0.25, 0.3) is 0 Å². The lowest BCUT2D eigenvalue weighted by Gasteiger charge is -2.33. The van der Waals surface area contributed by atoms with Crippen molar-refractivity contribution in [3.05, 3.63) is 24.3 Å². The summed E-state index contributed by atoms with van der Waals surface area (Å²) >= 11 is 0. The van der Waals surface area contributed by atoms with Gasteiger partial charge in [0.1, 0.15) is 5.75 Å².